The van der Waals surface area contributed by atoms with Gasteiger partial charge in [0.15, 0.2) is 0 Å². The molecule has 1 aliphatic rings. The van der Waals surface area contributed by atoms with E-state index in [2.05, 4.69) is 23.3 Å². The van der Waals surface area contributed by atoms with Crippen LogP contribution in [0.25, 0.3) is 6.08 Å². The molecule has 1 aromatic carbocycles. The number of carbonyl (C=O) groups is 1. The fourth-order valence-electron chi connectivity index (χ4n) is 3.15. The van der Waals surface area contributed by atoms with Gasteiger partial charge in [-0.2, -0.15) is 0 Å². The molecule has 1 saturated heterocycles. The molecular formula is C22H25F2N3O2. The maximum atomic E-state index is 13.9. The van der Waals surface area contributed by atoms with E-state index >= 15 is 0 Å². The molecule has 1 fully saturated rings. The van der Waals surface area contributed by atoms with Gasteiger partial charge in [0.1, 0.15) is 23.5 Å². The van der Waals surface area contributed by atoms with Crippen LogP contribution < -0.4 is 10.1 Å². The van der Waals surface area contributed by atoms with Gasteiger partial charge in [-0.05, 0) is 44.2 Å². The van der Waals surface area contributed by atoms with E-state index in [9.17, 15) is 13.6 Å². The monoisotopic (exact) mass is 401 g/mol. The minimum Gasteiger partial charge on any atom is -0.487 e. The number of ether oxygens (including phenoxy) is 1. The van der Waals surface area contributed by atoms with Crippen LogP contribution in [0.1, 0.15) is 35.7 Å². The Balaban J connectivity index is 1.58. The number of nitrogens with zero attached hydrogens (tertiary/aromatic N) is 2. The van der Waals surface area contributed by atoms with E-state index in [0.29, 0.717) is 31.3 Å². The van der Waals surface area contributed by atoms with Gasteiger partial charge in [-0.15, -0.1) is 0 Å². The second-order valence-electron chi connectivity index (χ2n) is 7.19. The van der Waals surface area contributed by atoms with Crippen molar-refractivity contribution in [2.45, 2.75) is 31.9 Å². The minimum absolute atomic E-state index is 0.128. The Morgan fingerprint density at radius 3 is 2.97 bits per heavy atom. The Morgan fingerprint density at radius 2 is 2.21 bits per heavy atom. The van der Waals surface area contributed by atoms with Crippen molar-refractivity contribution in [3.05, 3.63) is 65.5 Å². The lowest BCUT2D eigenvalue weighted by Crippen LogP contribution is -2.31. The molecule has 0 spiro atoms. The number of aromatic nitrogens is 1. The topological polar surface area (TPSA) is 54.5 Å². The SMILES string of the molecule is CN[C@@H](C)CC=Cc1cncc(O[C@H]2CCN(C(=O)c3ccc(F)cc3F)C2)c1. The highest BCUT2D eigenvalue weighted by Crippen LogP contribution is 2.22. The first-order valence-corrected chi connectivity index (χ1v) is 9.66. The number of amides is 1. The maximum absolute atomic E-state index is 13.9. The van der Waals surface area contributed by atoms with Crippen LogP contribution in [-0.4, -0.2) is 48.1 Å². The summed E-state index contributed by atoms with van der Waals surface area (Å²) < 4.78 is 32.9. The van der Waals surface area contributed by atoms with Gasteiger partial charge < -0.3 is 15.0 Å². The zero-order valence-corrected chi connectivity index (χ0v) is 16.6. The van der Waals surface area contributed by atoms with Gasteiger partial charge in [0.05, 0.1) is 18.3 Å². The van der Waals surface area contributed by atoms with Gasteiger partial charge in [-0.3, -0.25) is 9.78 Å². The minimum atomic E-state index is -0.851. The van der Waals surface area contributed by atoms with Crippen molar-refractivity contribution >= 4 is 12.0 Å². The van der Waals surface area contributed by atoms with Crippen molar-refractivity contribution in [2.24, 2.45) is 0 Å². The molecule has 0 radical (unpaired) electrons. The van der Waals surface area contributed by atoms with Gasteiger partial charge in [0, 0.05) is 31.3 Å². The van der Waals surface area contributed by atoms with Crippen LogP contribution in [0, 0.1) is 11.6 Å². The van der Waals surface area contributed by atoms with Crippen molar-refractivity contribution in [1.82, 2.24) is 15.2 Å². The number of hydrogen-bond acceptors (Lipinski definition) is 4. The molecule has 154 valence electrons. The summed E-state index contributed by atoms with van der Waals surface area (Å²) in [5, 5.41) is 3.18. The number of rotatable bonds is 7. The lowest BCUT2D eigenvalue weighted by molar-refractivity contribution is 0.0767. The number of pyridine rings is 1. The highest BCUT2D eigenvalue weighted by atomic mass is 19.1. The zero-order valence-electron chi connectivity index (χ0n) is 16.6. The van der Waals surface area contributed by atoms with Crippen molar-refractivity contribution in [3.8, 4) is 5.75 Å². The molecule has 0 aliphatic carbocycles. The van der Waals surface area contributed by atoms with Crippen LogP contribution in [0.4, 0.5) is 8.78 Å². The van der Waals surface area contributed by atoms with Gasteiger partial charge >= 0.3 is 0 Å². The molecule has 2 aromatic rings. The van der Waals surface area contributed by atoms with Crippen LogP contribution in [0.5, 0.6) is 5.75 Å². The Morgan fingerprint density at radius 1 is 1.38 bits per heavy atom. The van der Waals surface area contributed by atoms with E-state index in [1.807, 2.05) is 19.2 Å². The Bertz CT molecular complexity index is 888. The predicted molar refractivity (Wildman–Crippen MR) is 108 cm³/mol. The average Bonchev–Trinajstić information content (AvgIpc) is 3.16. The number of benzene rings is 1. The summed E-state index contributed by atoms with van der Waals surface area (Å²) in [5.41, 5.74) is 0.807. The van der Waals surface area contributed by atoms with Gasteiger partial charge in [0.25, 0.3) is 5.91 Å². The summed E-state index contributed by atoms with van der Waals surface area (Å²) in [4.78, 5) is 18.2. The molecule has 0 unspecified atom stereocenters. The lowest BCUT2D eigenvalue weighted by atomic mass is 10.2. The van der Waals surface area contributed by atoms with Gasteiger partial charge in [0.2, 0.25) is 0 Å². The Kier molecular flexibility index (Phi) is 6.93. The summed E-state index contributed by atoms with van der Waals surface area (Å²) in [6.45, 7) is 2.90. The average molecular weight is 401 g/mol. The van der Waals surface area contributed by atoms with Gasteiger partial charge in [-0.25, -0.2) is 8.78 Å². The third-order valence-corrected chi connectivity index (χ3v) is 4.92. The number of carbonyl (C=O) groups excluding carboxylic acids is 1. The molecule has 1 aliphatic heterocycles. The van der Waals surface area contributed by atoms with Crippen molar-refractivity contribution in [2.75, 3.05) is 20.1 Å². The fourth-order valence-corrected chi connectivity index (χ4v) is 3.15. The third kappa shape index (κ3) is 5.60. The zero-order chi connectivity index (χ0) is 20.8. The molecule has 29 heavy (non-hydrogen) atoms. The molecule has 7 heteroatoms. The molecule has 5 nitrogen and oxygen atoms in total. The highest BCUT2D eigenvalue weighted by molar-refractivity contribution is 5.94. The smallest absolute Gasteiger partial charge is 0.256 e. The highest BCUT2D eigenvalue weighted by Gasteiger charge is 2.29. The molecule has 1 aromatic heterocycles. The van der Waals surface area contributed by atoms with Crippen LogP contribution in [0.3, 0.4) is 0 Å². The second kappa shape index (κ2) is 9.60. The van der Waals surface area contributed by atoms with E-state index in [1.165, 1.54) is 11.0 Å². The molecule has 2 atom stereocenters. The maximum Gasteiger partial charge on any atom is 0.256 e. The number of hydrogen-bond donors (Lipinski definition) is 1. The number of nitrogens with one attached hydrogen (secondary N) is 1. The van der Waals surface area contributed by atoms with E-state index < -0.39 is 17.5 Å². The largest absolute Gasteiger partial charge is 0.487 e. The van der Waals surface area contributed by atoms with Crippen molar-refractivity contribution in [1.29, 1.82) is 0 Å². The Hall–Kier alpha value is -2.80. The van der Waals surface area contributed by atoms with Crippen molar-refractivity contribution < 1.29 is 18.3 Å². The molecular weight excluding hydrogens is 376 g/mol. The summed E-state index contributed by atoms with van der Waals surface area (Å²) in [6, 6.07) is 5.28. The summed E-state index contributed by atoms with van der Waals surface area (Å²) in [6.07, 6.45) is 8.81. The van der Waals surface area contributed by atoms with Crippen LogP contribution >= 0.6 is 0 Å². The van der Waals surface area contributed by atoms with E-state index in [-0.39, 0.29) is 11.7 Å². The second-order valence-corrected chi connectivity index (χ2v) is 7.19. The van der Waals surface area contributed by atoms with Gasteiger partial charge in [-0.1, -0.05) is 12.2 Å². The summed E-state index contributed by atoms with van der Waals surface area (Å²) in [5.74, 6) is -1.39. The van der Waals surface area contributed by atoms with E-state index in [4.69, 9.17) is 4.74 Å². The lowest BCUT2D eigenvalue weighted by Gasteiger charge is -2.17. The molecule has 0 saturated carbocycles. The normalized spacial score (nSPS) is 17.7. The predicted octanol–water partition coefficient (Wildman–Crippen LogP) is 3.66. The summed E-state index contributed by atoms with van der Waals surface area (Å²) >= 11 is 0. The first kappa shape index (κ1) is 20.9. The van der Waals surface area contributed by atoms with E-state index in [1.54, 1.807) is 12.4 Å². The quantitative estimate of drug-likeness (QED) is 0.769. The molecule has 0 bridgehead atoms. The van der Waals surface area contributed by atoms with Crippen molar-refractivity contribution in [3.63, 3.8) is 0 Å². The first-order valence-electron chi connectivity index (χ1n) is 9.66. The molecule has 1 amide bonds. The molecule has 3 rings (SSSR count). The third-order valence-electron chi connectivity index (χ3n) is 4.92. The summed E-state index contributed by atoms with van der Waals surface area (Å²) in [7, 11) is 1.93. The Labute approximate surface area is 169 Å². The van der Waals surface area contributed by atoms with Crippen LogP contribution in [0.15, 0.2) is 42.7 Å². The first-order chi connectivity index (χ1) is 14.0. The molecule has 2 heterocycles. The standard InChI is InChI=1S/C22H25F2N3O2/c1-15(25-2)4-3-5-16-10-19(13-26-12-16)29-18-8-9-27(14-18)22(28)20-7-6-17(23)11-21(20)24/h3,5-7,10-13,15,18,25H,4,8-9,14H2,1-2H3/t15-,18-/m0/s1. The number of likely N-dealkylation sites (tertiary alicyclic amines) is 1. The fraction of sp³-hybridized carbons (Fsp3) is 0.364. The van der Waals surface area contributed by atoms with E-state index in [0.717, 1.165) is 24.1 Å². The van der Waals surface area contributed by atoms with Crippen LogP contribution in [-0.2, 0) is 0 Å². The van der Waals surface area contributed by atoms with Crippen LogP contribution in [0.2, 0.25) is 0 Å². The molecule has 1 N–H and O–H groups in total. The number of halogens is 2.